The van der Waals surface area contributed by atoms with E-state index in [2.05, 4.69) is 17.0 Å². The van der Waals surface area contributed by atoms with E-state index in [9.17, 15) is 9.59 Å². The van der Waals surface area contributed by atoms with Gasteiger partial charge in [-0.3, -0.25) is 14.5 Å². The lowest BCUT2D eigenvalue weighted by molar-refractivity contribution is 0.0735. The Labute approximate surface area is 283 Å². The lowest BCUT2D eigenvalue weighted by Gasteiger charge is -2.36. The molecule has 2 unspecified atom stereocenters. The number of rotatable bonds is 8. The van der Waals surface area contributed by atoms with E-state index < -0.39 is 5.60 Å². The first kappa shape index (κ1) is 29.7. The van der Waals surface area contributed by atoms with Gasteiger partial charge in [-0.2, -0.15) is 0 Å². The Bertz CT molecular complexity index is 1990. The molecule has 0 radical (unpaired) electrons. The Balaban J connectivity index is 1.09. The van der Waals surface area contributed by atoms with E-state index in [0.717, 1.165) is 48.2 Å². The number of benzene rings is 3. The molecular formula is C39H35ClN2O6. The molecular weight excluding hydrogens is 628 g/mol. The van der Waals surface area contributed by atoms with Crippen LogP contribution in [0.3, 0.4) is 0 Å². The maximum atomic E-state index is 14.7. The summed E-state index contributed by atoms with van der Waals surface area (Å²) in [6.07, 6.45) is 3.76. The smallest absolute Gasteiger partial charge is 0.265 e. The Hall–Kier alpha value is -4.40. The van der Waals surface area contributed by atoms with Crippen molar-refractivity contribution in [3.8, 4) is 11.6 Å². The van der Waals surface area contributed by atoms with Gasteiger partial charge in [0.1, 0.15) is 24.5 Å². The molecule has 2 fully saturated rings. The van der Waals surface area contributed by atoms with E-state index in [1.165, 1.54) is 0 Å². The second-order valence-corrected chi connectivity index (χ2v) is 13.9. The van der Waals surface area contributed by atoms with Crippen LogP contribution in [0, 0.1) is 11.8 Å². The summed E-state index contributed by atoms with van der Waals surface area (Å²) >= 11 is 7.29. The number of likely N-dealkylation sites (tertiary alicyclic amines) is 1. The lowest BCUT2D eigenvalue weighted by Crippen LogP contribution is -2.44. The standard InChI is InChI=1S/C39H35ClN2O6/c1-2-42-15-9-14-28(42)26-19-29(45-20-22-10-5-3-6-11-22)32-27(34(26)40)17-24-16-25-18-30-33(36(44)39(25)37(47-39)31(24)35(32)43)38(41-48-30)46-21-23-12-7-4-8-13-23/h3-8,10-13,19,24-25,28H,2,9,14-18,20-21H2,1H3/t24?,25-,28?,39+/m0/s1. The Morgan fingerprint density at radius 3 is 2.44 bits per heavy atom. The van der Waals surface area contributed by atoms with Crippen molar-refractivity contribution in [2.45, 2.75) is 63.9 Å². The lowest BCUT2D eigenvalue weighted by atomic mass is 9.63. The number of fused-ring (bicyclic) bond motifs is 3. The van der Waals surface area contributed by atoms with Crippen LogP contribution in [-0.2, 0) is 30.8 Å². The maximum absolute atomic E-state index is 14.7. The van der Waals surface area contributed by atoms with E-state index in [1.54, 1.807) is 0 Å². The van der Waals surface area contributed by atoms with Gasteiger partial charge in [-0.05, 0) is 78.2 Å². The van der Waals surface area contributed by atoms with Crippen molar-refractivity contribution in [3.05, 3.63) is 122 Å². The first-order valence-electron chi connectivity index (χ1n) is 16.9. The Morgan fingerprint density at radius 2 is 1.71 bits per heavy atom. The van der Waals surface area contributed by atoms with Crippen molar-refractivity contribution in [2.24, 2.45) is 11.8 Å². The van der Waals surface area contributed by atoms with Crippen molar-refractivity contribution in [2.75, 3.05) is 13.1 Å². The van der Waals surface area contributed by atoms with Crippen LogP contribution in [0.2, 0.25) is 5.02 Å². The van der Waals surface area contributed by atoms with Crippen molar-refractivity contribution < 1.29 is 28.3 Å². The first-order chi connectivity index (χ1) is 23.5. The van der Waals surface area contributed by atoms with E-state index in [-0.39, 0.29) is 41.9 Å². The van der Waals surface area contributed by atoms with Crippen LogP contribution in [0.4, 0.5) is 0 Å². The molecule has 8 nitrogen and oxygen atoms in total. The molecule has 0 bridgehead atoms. The summed E-state index contributed by atoms with van der Waals surface area (Å²) < 4.78 is 24.5. The quantitative estimate of drug-likeness (QED) is 0.179. The van der Waals surface area contributed by atoms with E-state index in [1.807, 2.05) is 66.7 Å². The minimum Gasteiger partial charge on any atom is -0.488 e. The molecule has 4 aromatic rings. The number of epoxide rings is 1. The number of halogens is 1. The molecule has 0 amide bonds. The van der Waals surface area contributed by atoms with Crippen LogP contribution in [0.25, 0.3) is 0 Å². The van der Waals surface area contributed by atoms with Crippen LogP contribution in [0.5, 0.6) is 11.6 Å². The van der Waals surface area contributed by atoms with E-state index in [0.29, 0.717) is 64.9 Å². The number of nitrogens with zero attached hydrogens (tertiary/aromatic N) is 2. The van der Waals surface area contributed by atoms with Crippen LogP contribution < -0.4 is 9.47 Å². The highest BCUT2D eigenvalue weighted by atomic mass is 35.5. The number of ether oxygens (including phenoxy) is 3. The van der Waals surface area contributed by atoms with Gasteiger partial charge >= 0.3 is 0 Å². The summed E-state index contributed by atoms with van der Waals surface area (Å²) in [5, 5.41) is 4.80. The highest BCUT2D eigenvalue weighted by molar-refractivity contribution is 6.33. The molecule has 1 spiro atoms. The fraction of sp³-hybridized carbons (Fsp3) is 0.359. The maximum Gasteiger partial charge on any atom is 0.265 e. The zero-order chi connectivity index (χ0) is 32.6. The van der Waals surface area contributed by atoms with Crippen LogP contribution in [0.1, 0.15) is 81.0 Å². The summed E-state index contributed by atoms with van der Waals surface area (Å²) in [4.78, 5) is 31.4. The number of carbonyl (C=O) groups is 2. The molecule has 9 rings (SSSR count). The van der Waals surface area contributed by atoms with Crippen molar-refractivity contribution >= 4 is 23.2 Å². The number of hydrogen-bond donors (Lipinski definition) is 0. The SMILES string of the molecule is CCN1CCCC1c1cc(OCc2ccccc2)c2c(c1Cl)CC1C[C@H]3Cc4onc(OCc5ccccc5)c4C(=O)[C@]34OC4=C1C2=O. The van der Waals surface area contributed by atoms with Gasteiger partial charge < -0.3 is 18.7 Å². The third-order valence-electron chi connectivity index (χ3n) is 10.9. The van der Waals surface area contributed by atoms with Gasteiger partial charge in [0.25, 0.3) is 5.88 Å². The summed E-state index contributed by atoms with van der Waals surface area (Å²) in [5.74, 6) is 0.984. The average molecular weight is 663 g/mol. The highest BCUT2D eigenvalue weighted by Crippen LogP contribution is 2.63. The molecule has 5 aliphatic rings. The molecule has 3 aromatic carbocycles. The second kappa shape index (κ2) is 11.3. The van der Waals surface area contributed by atoms with E-state index >= 15 is 0 Å². The number of allylic oxidation sites excluding steroid dienone is 1. The molecule has 1 aromatic heterocycles. The Kier molecular flexibility index (Phi) is 7.03. The van der Waals surface area contributed by atoms with Crippen LogP contribution in [0.15, 0.2) is 82.6 Å². The topological polar surface area (TPSA) is 94.4 Å². The highest BCUT2D eigenvalue weighted by Gasteiger charge is 2.72. The molecule has 48 heavy (non-hydrogen) atoms. The third kappa shape index (κ3) is 4.49. The van der Waals surface area contributed by atoms with Crippen molar-refractivity contribution in [1.29, 1.82) is 0 Å². The fourth-order valence-electron chi connectivity index (χ4n) is 8.59. The number of ketones is 2. The van der Waals surface area contributed by atoms with Gasteiger partial charge in [0.15, 0.2) is 17.3 Å². The number of carbonyl (C=O) groups excluding carboxylic acids is 2. The number of hydrogen-bond acceptors (Lipinski definition) is 8. The van der Waals surface area contributed by atoms with Crippen LogP contribution >= 0.6 is 11.6 Å². The summed E-state index contributed by atoms with van der Waals surface area (Å²) in [7, 11) is 0. The molecule has 4 atom stereocenters. The molecule has 3 aliphatic carbocycles. The number of Topliss-reactive ketones (excluding diaryl/α,β-unsaturated/α-hetero) is 2. The minimum atomic E-state index is -1.19. The molecule has 244 valence electrons. The van der Waals surface area contributed by atoms with Gasteiger partial charge in [-0.1, -0.05) is 79.2 Å². The second-order valence-electron chi connectivity index (χ2n) is 13.5. The molecule has 2 aliphatic heterocycles. The Morgan fingerprint density at radius 1 is 0.979 bits per heavy atom. The van der Waals surface area contributed by atoms with Crippen molar-refractivity contribution in [3.63, 3.8) is 0 Å². The van der Waals surface area contributed by atoms with Crippen molar-refractivity contribution in [1.82, 2.24) is 10.1 Å². The van der Waals surface area contributed by atoms with Gasteiger partial charge in [0.2, 0.25) is 11.4 Å². The molecule has 0 N–H and O–H groups in total. The minimum absolute atomic E-state index is 0.132. The van der Waals surface area contributed by atoms with Gasteiger partial charge in [0.05, 0.1) is 5.56 Å². The first-order valence-corrected chi connectivity index (χ1v) is 17.3. The average Bonchev–Trinajstić information content (AvgIpc) is 3.45. The van der Waals surface area contributed by atoms with Crippen LogP contribution in [-0.4, -0.2) is 40.3 Å². The zero-order valence-corrected chi connectivity index (χ0v) is 27.4. The molecule has 2 saturated heterocycles. The van der Waals surface area contributed by atoms with Gasteiger partial charge in [-0.15, -0.1) is 0 Å². The predicted molar refractivity (Wildman–Crippen MR) is 177 cm³/mol. The zero-order valence-electron chi connectivity index (χ0n) is 26.7. The summed E-state index contributed by atoms with van der Waals surface area (Å²) in [6, 6.07) is 21.8. The number of aromatic nitrogens is 1. The van der Waals surface area contributed by atoms with Gasteiger partial charge in [-0.25, -0.2) is 0 Å². The largest absolute Gasteiger partial charge is 0.488 e. The van der Waals surface area contributed by atoms with E-state index in [4.69, 9.17) is 30.3 Å². The summed E-state index contributed by atoms with van der Waals surface area (Å²) in [6.45, 7) is 4.69. The molecule has 0 saturated carbocycles. The van der Waals surface area contributed by atoms with Gasteiger partial charge in [0, 0.05) is 29.0 Å². The monoisotopic (exact) mass is 662 g/mol. The predicted octanol–water partition coefficient (Wildman–Crippen LogP) is 7.48. The third-order valence-corrected chi connectivity index (χ3v) is 11.4. The molecule has 9 heteroatoms. The normalized spacial score (nSPS) is 25.4. The fourth-order valence-corrected chi connectivity index (χ4v) is 8.94. The molecule has 3 heterocycles. The summed E-state index contributed by atoms with van der Waals surface area (Å²) in [5.41, 5.74) is 4.01.